The fourth-order valence-corrected chi connectivity index (χ4v) is 5.41. The van der Waals surface area contributed by atoms with Gasteiger partial charge in [0.1, 0.15) is 11.4 Å². The van der Waals surface area contributed by atoms with Crippen LogP contribution in [0.3, 0.4) is 0 Å². The summed E-state index contributed by atoms with van der Waals surface area (Å²) in [5.41, 5.74) is 1.54. The van der Waals surface area contributed by atoms with Crippen LogP contribution in [0.1, 0.15) is 70.1 Å². The summed E-state index contributed by atoms with van der Waals surface area (Å²) in [5, 5.41) is 13.9. The summed E-state index contributed by atoms with van der Waals surface area (Å²) < 4.78 is 4.68. The molecule has 3 heterocycles. The molecule has 0 unspecified atom stereocenters. The van der Waals surface area contributed by atoms with Crippen molar-refractivity contribution in [2.75, 3.05) is 49.7 Å². The number of nitrogens with zero attached hydrogens (tertiary/aromatic N) is 4. The minimum Gasteiger partial charge on any atom is -0.355 e. The zero-order valence-electron chi connectivity index (χ0n) is 27.2. The van der Waals surface area contributed by atoms with Crippen LogP contribution in [-0.4, -0.2) is 82.0 Å². The van der Waals surface area contributed by atoms with Gasteiger partial charge in [-0.15, -0.1) is 0 Å². The Morgan fingerprint density at radius 3 is 2.07 bits per heavy atom. The Bertz CT molecular complexity index is 1580. The van der Waals surface area contributed by atoms with Gasteiger partial charge in [-0.05, 0) is 25.0 Å². The zero-order valence-corrected chi connectivity index (χ0v) is 27.2. The largest absolute Gasteiger partial charge is 0.355 e. The maximum absolute atomic E-state index is 13.0. The predicted molar refractivity (Wildman–Crippen MR) is 173 cm³/mol. The van der Waals surface area contributed by atoms with E-state index in [1.807, 2.05) is 0 Å². The molecule has 0 saturated heterocycles. The summed E-state index contributed by atoms with van der Waals surface area (Å²) >= 11 is 0. The Kier molecular flexibility index (Phi) is 11.4. The van der Waals surface area contributed by atoms with Crippen molar-refractivity contribution in [3.05, 3.63) is 47.9 Å². The van der Waals surface area contributed by atoms with Gasteiger partial charge in [0.25, 0.3) is 17.7 Å². The van der Waals surface area contributed by atoms with Gasteiger partial charge in [-0.25, -0.2) is 4.98 Å². The molecule has 0 atom stereocenters. The smallest absolute Gasteiger partial charge is 0.291 e. The predicted octanol–water partition coefficient (Wildman–Crippen LogP) is 0.501. The molecule has 1 fully saturated rings. The van der Waals surface area contributed by atoms with E-state index in [-0.39, 0.29) is 53.9 Å². The molecule has 0 bridgehead atoms. The normalized spacial score (nSPS) is 13.1. The van der Waals surface area contributed by atoms with Crippen LogP contribution in [0.5, 0.6) is 0 Å². The summed E-state index contributed by atoms with van der Waals surface area (Å²) in [5.74, 6) is -1.25. The molecule has 1 aliphatic carbocycles. The SMILES string of the molecule is Cn1cc(NC(=O)c2nc(NC(=O)c3cc(NC(=O)CCNC(=O)C4CCCC4)cn3C)cn2C)cc1C(=O)NCCC[NH+](C)C. The molecule has 248 valence electrons. The molecule has 1 saturated carbocycles. The topological polar surface area (TPSA) is 178 Å². The van der Waals surface area contributed by atoms with Crippen molar-refractivity contribution >= 4 is 46.7 Å². The lowest BCUT2D eigenvalue weighted by molar-refractivity contribution is -0.858. The Labute approximate surface area is 268 Å². The summed E-state index contributed by atoms with van der Waals surface area (Å²) in [4.78, 5) is 68.8. The first-order valence-corrected chi connectivity index (χ1v) is 15.5. The molecule has 46 heavy (non-hydrogen) atoms. The van der Waals surface area contributed by atoms with Crippen LogP contribution in [0.15, 0.2) is 30.7 Å². The highest BCUT2D eigenvalue weighted by Crippen LogP contribution is 2.24. The molecule has 3 aromatic rings. The number of aromatic nitrogens is 4. The summed E-state index contributed by atoms with van der Waals surface area (Å²) in [6, 6.07) is 3.13. The first kappa shape index (κ1) is 34.0. The molecule has 15 heteroatoms. The highest BCUT2D eigenvalue weighted by Gasteiger charge is 2.23. The molecule has 0 radical (unpaired) electrons. The first-order valence-electron chi connectivity index (χ1n) is 15.5. The molecule has 0 spiro atoms. The number of aryl methyl sites for hydroxylation is 3. The Balaban J connectivity index is 1.28. The molecule has 1 aliphatic rings. The third-order valence-electron chi connectivity index (χ3n) is 7.85. The van der Waals surface area contributed by atoms with Gasteiger partial charge in [-0.2, -0.15) is 0 Å². The van der Waals surface area contributed by atoms with Crippen molar-refractivity contribution in [2.45, 2.75) is 38.5 Å². The lowest BCUT2D eigenvalue weighted by Crippen LogP contribution is -3.05. The number of rotatable bonds is 14. The van der Waals surface area contributed by atoms with E-state index in [1.54, 1.807) is 48.7 Å². The van der Waals surface area contributed by atoms with E-state index in [9.17, 15) is 24.0 Å². The maximum Gasteiger partial charge on any atom is 0.291 e. The molecule has 0 aliphatic heterocycles. The van der Waals surface area contributed by atoms with Gasteiger partial charge in [0.05, 0.1) is 32.0 Å². The van der Waals surface area contributed by atoms with E-state index in [2.05, 4.69) is 45.7 Å². The van der Waals surface area contributed by atoms with Crippen molar-refractivity contribution < 1.29 is 28.9 Å². The third kappa shape index (κ3) is 9.06. The minimum atomic E-state index is -0.516. The van der Waals surface area contributed by atoms with Gasteiger partial charge < -0.3 is 45.2 Å². The summed E-state index contributed by atoms with van der Waals surface area (Å²) in [7, 11) is 9.13. The van der Waals surface area contributed by atoms with Crippen LogP contribution in [0, 0.1) is 5.92 Å². The Morgan fingerprint density at radius 1 is 0.783 bits per heavy atom. The number of amides is 5. The van der Waals surface area contributed by atoms with Crippen LogP contribution < -0.4 is 31.5 Å². The number of nitrogens with one attached hydrogen (secondary N) is 6. The van der Waals surface area contributed by atoms with E-state index < -0.39 is 11.8 Å². The highest BCUT2D eigenvalue weighted by molar-refractivity contribution is 6.06. The van der Waals surface area contributed by atoms with Gasteiger partial charge in [0.15, 0.2) is 5.82 Å². The van der Waals surface area contributed by atoms with Crippen LogP contribution in [0.25, 0.3) is 0 Å². The van der Waals surface area contributed by atoms with E-state index in [1.165, 1.54) is 21.7 Å². The van der Waals surface area contributed by atoms with E-state index in [4.69, 9.17) is 0 Å². The van der Waals surface area contributed by atoms with Crippen LogP contribution in [0.2, 0.25) is 0 Å². The van der Waals surface area contributed by atoms with Gasteiger partial charge in [0.2, 0.25) is 17.6 Å². The maximum atomic E-state index is 13.0. The van der Waals surface area contributed by atoms with Gasteiger partial charge in [-0.1, -0.05) is 12.8 Å². The molecule has 3 aromatic heterocycles. The first-order chi connectivity index (χ1) is 21.9. The molecule has 15 nitrogen and oxygen atoms in total. The number of imidazole rings is 1. The number of carbonyl (C=O) groups is 5. The van der Waals surface area contributed by atoms with Crippen molar-refractivity contribution in [1.29, 1.82) is 0 Å². The zero-order chi connectivity index (χ0) is 33.4. The summed E-state index contributed by atoms with van der Waals surface area (Å²) in [6.45, 7) is 1.74. The van der Waals surface area contributed by atoms with Crippen molar-refractivity contribution in [1.82, 2.24) is 29.3 Å². The number of carbonyl (C=O) groups excluding carboxylic acids is 5. The van der Waals surface area contributed by atoms with E-state index >= 15 is 0 Å². The van der Waals surface area contributed by atoms with E-state index in [0.29, 0.717) is 23.6 Å². The van der Waals surface area contributed by atoms with Gasteiger partial charge in [-0.3, -0.25) is 24.0 Å². The van der Waals surface area contributed by atoms with E-state index in [0.717, 1.165) is 38.6 Å². The van der Waals surface area contributed by atoms with Crippen LogP contribution in [0.4, 0.5) is 17.2 Å². The molecular weight excluding hydrogens is 592 g/mol. The third-order valence-corrected chi connectivity index (χ3v) is 7.85. The van der Waals surface area contributed by atoms with Crippen LogP contribution in [-0.2, 0) is 30.7 Å². The second-order valence-electron chi connectivity index (χ2n) is 12.1. The molecule has 6 N–H and O–H groups in total. The molecule has 4 rings (SSSR count). The number of hydrogen-bond acceptors (Lipinski definition) is 6. The van der Waals surface area contributed by atoms with Crippen molar-refractivity contribution in [2.24, 2.45) is 27.1 Å². The quantitative estimate of drug-likeness (QED) is 0.140. The van der Waals surface area contributed by atoms with Crippen LogP contribution >= 0.6 is 0 Å². The number of anilines is 3. The van der Waals surface area contributed by atoms with Crippen molar-refractivity contribution in [3.8, 4) is 0 Å². The average molecular weight is 638 g/mol. The molecule has 5 amide bonds. The lowest BCUT2D eigenvalue weighted by atomic mass is 10.1. The summed E-state index contributed by atoms with van der Waals surface area (Å²) in [6.07, 6.45) is 9.65. The second kappa shape index (κ2) is 15.4. The standard InChI is InChI=1S/C31H44N10O5/c1-38(2)14-8-12-32-29(44)23-16-22(18-39(23)3)35-31(46)27-36-25(19-41(27)5)37-30(45)24-15-21(17-40(24)4)34-26(42)11-13-33-28(43)20-9-6-7-10-20/h15-20H,6-14H2,1-5H3,(H,32,44)(H,33,43)(H,34,42)(H,35,46)(H,37,45)/p+1. The fourth-order valence-electron chi connectivity index (χ4n) is 5.41. The fraction of sp³-hybridized carbons (Fsp3) is 0.484. The van der Waals surface area contributed by atoms with Gasteiger partial charge >= 0.3 is 0 Å². The second-order valence-corrected chi connectivity index (χ2v) is 12.1. The molecular formula is C31H45N10O5+. The monoisotopic (exact) mass is 637 g/mol. The minimum absolute atomic E-state index is 0.0000454. The highest BCUT2D eigenvalue weighted by atomic mass is 16.2. The average Bonchev–Trinajstić information content (AvgIpc) is 3.79. The molecule has 0 aromatic carbocycles. The number of quaternary nitrogens is 1. The number of hydrogen-bond donors (Lipinski definition) is 6. The lowest BCUT2D eigenvalue weighted by Gasteiger charge is -2.10. The Morgan fingerprint density at radius 2 is 1.41 bits per heavy atom. The Hall–Kier alpha value is -4.92. The van der Waals surface area contributed by atoms with Crippen molar-refractivity contribution in [3.63, 3.8) is 0 Å². The van der Waals surface area contributed by atoms with Gasteiger partial charge in [0, 0.05) is 71.6 Å².